The third-order valence-electron chi connectivity index (χ3n) is 5.38. The van der Waals surface area contributed by atoms with E-state index in [1.807, 2.05) is 18.2 Å². The van der Waals surface area contributed by atoms with Gasteiger partial charge in [0.05, 0.1) is 38.8 Å². The van der Waals surface area contributed by atoms with E-state index in [4.69, 9.17) is 14.2 Å². The molecule has 10 nitrogen and oxygen atoms in total. The molecule has 0 radical (unpaired) electrons. The number of nitrogens with one attached hydrogen (secondary N) is 3. The summed E-state index contributed by atoms with van der Waals surface area (Å²) in [5, 5.41) is 9.17. The number of methoxy groups -OCH3 is 2. The summed E-state index contributed by atoms with van der Waals surface area (Å²) >= 11 is 0. The molecule has 182 valence electrons. The Balaban J connectivity index is 1.52. The largest absolute Gasteiger partial charge is 0.495 e. The fourth-order valence-corrected chi connectivity index (χ4v) is 3.63. The number of hydrogen-bond acceptors (Lipinski definition) is 9. The molecule has 0 spiro atoms. The summed E-state index contributed by atoms with van der Waals surface area (Å²) in [6, 6.07) is 13.0. The zero-order valence-corrected chi connectivity index (χ0v) is 19.7. The Kier molecular flexibility index (Phi) is 7.63. The van der Waals surface area contributed by atoms with Crippen LogP contribution in [0.25, 0.3) is 0 Å². The second-order valence-electron chi connectivity index (χ2n) is 7.61. The molecule has 1 aliphatic rings. The highest BCUT2D eigenvalue weighted by Crippen LogP contribution is 2.33. The number of anilines is 6. The molecule has 1 amide bonds. The lowest BCUT2D eigenvalue weighted by Gasteiger charge is -2.29. The number of nitrogens with zero attached hydrogens (tertiary/aromatic N) is 3. The van der Waals surface area contributed by atoms with Crippen LogP contribution >= 0.6 is 0 Å². The van der Waals surface area contributed by atoms with Gasteiger partial charge >= 0.3 is 0 Å². The van der Waals surface area contributed by atoms with Crippen LogP contribution in [0.1, 0.15) is 0 Å². The number of morpholine rings is 1. The molecule has 0 bridgehead atoms. The minimum atomic E-state index is -0.308. The van der Waals surface area contributed by atoms with Crippen molar-refractivity contribution in [3.8, 4) is 11.5 Å². The van der Waals surface area contributed by atoms with Crippen molar-refractivity contribution in [2.45, 2.75) is 0 Å². The van der Waals surface area contributed by atoms with Crippen LogP contribution in [0.15, 0.2) is 61.3 Å². The minimum absolute atomic E-state index is 0.308. The summed E-state index contributed by atoms with van der Waals surface area (Å²) in [5.41, 5.74) is 3.04. The molecule has 0 unspecified atom stereocenters. The van der Waals surface area contributed by atoms with E-state index in [2.05, 4.69) is 37.4 Å². The van der Waals surface area contributed by atoms with Crippen molar-refractivity contribution in [2.24, 2.45) is 0 Å². The van der Waals surface area contributed by atoms with Crippen LogP contribution in [-0.2, 0) is 9.53 Å². The predicted octanol–water partition coefficient (Wildman–Crippen LogP) is 3.94. The Bertz CT molecular complexity index is 1200. The van der Waals surface area contributed by atoms with Gasteiger partial charge in [-0.25, -0.2) is 4.98 Å². The number of ether oxygens (including phenoxy) is 3. The summed E-state index contributed by atoms with van der Waals surface area (Å²) in [6.07, 6.45) is 2.85. The standard InChI is InChI=1S/C25H28N6O4/c1-4-24(32)27-17-5-8-21(33-2)20(15-17)29-25-26-10-9-23(30-25)28-19-7-6-18(16-22(19)34-3)31-11-13-35-14-12-31/h4-10,15-16H,1,11-14H2,2-3H3,(H,27,32)(H2,26,28,29,30). The van der Waals surface area contributed by atoms with Gasteiger partial charge < -0.3 is 35.1 Å². The summed E-state index contributed by atoms with van der Waals surface area (Å²) in [5.74, 6) is 1.90. The number of aromatic nitrogens is 2. The lowest BCUT2D eigenvalue weighted by molar-refractivity contribution is -0.111. The first-order valence-electron chi connectivity index (χ1n) is 11.1. The van der Waals surface area contributed by atoms with Crippen LogP contribution in [-0.4, -0.2) is 56.4 Å². The number of carbonyl (C=O) groups is 1. The van der Waals surface area contributed by atoms with E-state index < -0.39 is 0 Å². The molecular formula is C25H28N6O4. The fraction of sp³-hybridized carbons (Fsp3) is 0.240. The third-order valence-corrected chi connectivity index (χ3v) is 5.38. The minimum Gasteiger partial charge on any atom is -0.495 e. The van der Waals surface area contributed by atoms with Crippen LogP contribution in [0.5, 0.6) is 11.5 Å². The first-order chi connectivity index (χ1) is 17.1. The molecule has 35 heavy (non-hydrogen) atoms. The lowest BCUT2D eigenvalue weighted by Crippen LogP contribution is -2.36. The second kappa shape index (κ2) is 11.2. The lowest BCUT2D eigenvalue weighted by atomic mass is 10.2. The molecule has 10 heteroatoms. The second-order valence-corrected chi connectivity index (χ2v) is 7.61. The summed E-state index contributed by atoms with van der Waals surface area (Å²) in [4.78, 5) is 22.8. The Morgan fingerprint density at radius 3 is 2.57 bits per heavy atom. The molecule has 3 N–H and O–H groups in total. The molecule has 0 saturated carbocycles. The quantitative estimate of drug-likeness (QED) is 0.396. The molecule has 1 aliphatic heterocycles. The van der Waals surface area contributed by atoms with Gasteiger partial charge in [-0.15, -0.1) is 0 Å². The highest BCUT2D eigenvalue weighted by molar-refractivity contribution is 5.99. The summed E-state index contributed by atoms with van der Waals surface area (Å²) in [7, 11) is 3.20. The molecule has 0 atom stereocenters. The van der Waals surface area contributed by atoms with Crippen molar-refractivity contribution in [2.75, 3.05) is 61.4 Å². The zero-order chi connectivity index (χ0) is 24.6. The topological polar surface area (TPSA) is 110 Å². The van der Waals surface area contributed by atoms with E-state index in [1.165, 1.54) is 6.08 Å². The van der Waals surface area contributed by atoms with Crippen LogP contribution in [0.4, 0.5) is 34.5 Å². The smallest absolute Gasteiger partial charge is 0.247 e. The Labute approximate surface area is 203 Å². The van der Waals surface area contributed by atoms with Crippen LogP contribution < -0.4 is 30.3 Å². The van der Waals surface area contributed by atoms with Crippen molar-refractivity contribution in [1.82, 2.24) is 9.97 Å². The van der Waals surface area contributed by atoms with Crippen LogP contribution in [0, 0.1) is 0 Å². The van der Waals surface area contributed by atoms with Crippen molar-refractivity contribution in [3.63, 3.8) is 0 Å². The maximum absolute atomic E-state index is 11.7. The monoisotopic (exact) mass is 476 g/mol. The van der Waals surface area contributed by atoms with Crippen molar-refractivity contribution >= 4 is 40.4 Å². The molecule has 3 aromatic rings. The van der Waals surface area contributed by atoms with Crippen molar-refractivity contribution < 1.29 is 19.0 Å². The van der Waals surface area contributed by atoms with E-state index >= 15 is 0 Å². The highest BCUT2D eigenvalue weighted by Gasteiger charge is 2.14. The molecule has 2 aromatic carbocycles. The highest BCUT2D eigenvalue weighted by atomic mass is 16.5. The van der Waals surface area contributed by atoms with Gasteiger partial charge in [-0.05, 0) is 42.5 Å². The predicted molar refractivity (Wildman–Crippen MR) is 136 cm³/mol. The van der Waals surface area contributed by atoms with Crippen LogP contribution in [0.3, 0.4) is 0 Å². The van der Waals surface area contributed by atoms with Gasteiger partial charge in [0.15, 0.2) is 0 Å². The van der Waals surface area contributed by atoms with Crippen molar-refractivity contribution in [1.29, 1.82) is 0 Å². The molecule has 2 heterocycles. The summed E-state index contributed by atoms with van der Waals surface area (Å²) in [6.45, 7) is 6.59. The van der Waals surface area contributed by atoms with Gasteiger partial charge in [0.25, 0.3) is 0 Å². The number of amides is 1. The Hall–Kier alpha value is -4.31. The Morgan fingerprint density at radius 2 is 1.83 bits per heavy atom. The van der Waals surface area contributed by atoms with E-state index in [0.717, 1.165) is 24.5 Å². The number of rotatable bonds is 9. The van der Waals surface area contributed by atoms with E-state index in [-0.39, 0.29) is 5.91 Å². The maximum atomic E-state index is 11.7. The molecule has 0 aliphatic carbocycles. The SMILES string of the molecule is C=CC(=O)Nc1ccc(OC)c(Nc2nccc(Nc3ccc(N4CCOCC4)cc3OC)n2)c1. The molecule has 1 saturated heterocycles. The van der Waals surface area contributed by atoms with Gasteiger partial charge in [-0.2, -0.15) is 4.98 Å². The van der Waals surface area contributed by atoms with Gasteiger partial charge in [0, 0.05) is 36.7 Å². The number of carbonyl (C=O) groups excluding carboxylic acids is 1. The van der Waals surface area contributed by atoms with Gasteiger partial charge in [0.1, 0.15) is 17.3 Å². The van der Waals surface area contributed by atoms with Gasteiger partial charge in [-0.3, -0.25) is 4.79 Å². The third kappa shape index (κ3) is 5.98. The van der Waals surface area contributed by atoms with Crippen LogP contribution in [0.2, 0.25) is 0 Å². The zero-order valence-electron chi connectivity index (χ0n) is 19.7. The van der Waals surface area contributed by atoms with E-state index in [1.54, 1.807) is 44.7 Å². The Morgan fingerprint density at radius 1 is 1.03 bits per heavy atom. The van der Waals surface area contributed by atoms with E-state index in [0.29, 0.717) is 47.9 Å². The first kappa shape index (κ1) is 23.8. The summed E-state index contributed by atoms with van der Waals surface area (Å²) < 4.78 is 16.5. The van der Waals surface area contributed by atoms with Gasteiger partial charge in [0.2, 0.25) is 11.9 Å². The maximum Gasteiger partial charge on any atom is 0.247 e. The fourth-order valence-electron chi connectivity index (χ4n) is 3.63. The first-order valence-corrected chi connectivity index (χ1v) is 11.1. The average molecular weight is 477 g/mol. The number of hydrogen-bond donors (Lipinski definition) is 3. The average Bonchev–Trinajstić information content (AvgIpc) is 2.90. The van der Waals surface area contributed by atoms with Crippen molar-refractivity contribution in [3.05, 3.63) is 61.3 Å². The molecule has 4 rings (SSSR count). The normalized spacial score (nSPS) is 13.0. The molecule has 1 aromatic heterocycles. The van der Waals surface area contributed by atoms with E-state index in [9.17, 15) is 4.79 Å². The number of benzene rings is 2. The molecular weight excluding hydrogens is 448 g/mol. The molecule has 1 fully saturated rings. The van der Waals surface area contributed by atoms with Gasteiger partial charge in [-0.1, -0.05) is 6.58 Å².